The van der Waals surface area contributed by atoms with E-state index in [1.807, 2.05) is 0 Å². The second-order valence-electron chi connectivity index (χ2n) is 4.11. The summed E-state index contributed by atoms with van der Waals surface area (Å²) in [5.74, 6) is 1.71. The molecule has 0 saturated heterocycles. The smallest absolute Gasteiger partial charge is 0.262 e. The molecule has 6 heteroatoms. The fraction of sp³-hybridized carbons (Fsp3) is 0.500. The molecule has 0 radical (unpaired) electrons. The number of hydrogen-bond acceptors (Lipinski definition) is 5. The first-order valence-electron chi connectivity index (χ1n) is 5.19. The van der Waals surface area contributed by atoms with E-state index >= 15 is 0 Å². The quantitative estimate of drug-likeness (QED) is 0.661. The zero-order valence-electron chi connectivity index (χ0n) is 9.13. The fourth-order valence-electron chi connectivity index (χ4n) is 2.15. The number of nitrogens with one attached hydrogen (secondary N) is 2. The summed E-state index contributed by atoms with van der Waals surface area (Å²) < 4.78 is 5.62. The van der Waals surface area contributed by atoms with Crippen LogP contribution in [0.5, 0.6) is 0 Å². The van der Waals surface area contributed by atoms with Crippen LogP contribution in [0.15, 0.2) is 0 Å². The van der Waals surface area contributed by atoms with Gasteiger partial charge in [0.05, 0.1) is 12.2 Å². The van der Waals surface area contributed by atoms with Gasteiger partial charge in [-0.2, -0.15) is 0 Å². The van der Waals surface area contributed by atoms with E-state index in [1.165, 1.54) is 0 Å². The fourth-order valence-corrected chi connectivity index (χ4v) is 2.15. The highest BCUT2D eigenvalue weighted by Gasteiger charge is 2.48. The maximum Gasteiger partial charge on any atom is 0.262 e. The summed E-state index contributed by atoms with van der Waals surface area (Å²) in [6.07, 6.45) is 0. The lowest BCUT2D eigenvalue weighted by molar-refractivity contribution is -0.138. The Hall–Kier alpha value is -1.69. The molecule has 16 heavy (non-hydrogen) atoms. The lowest BCUT2D eigenvalue weighted by atomic mass is 9.99. The van der Waals surface area contributed by atoms with E-state index in [-0.39, 0.29) is 5.91 Å². The van der Waals surface area contributed by atoms with Crippen LogP contribution in [0, 0.1) is 6.92 Å². The lowest BCUT2D eigenvalue weighted by Crippen LogP contribution is -2.34. The Morgan fingerprint density at radius 1 is 1.38 bits per heavy atom. The minimum absolute atomic E-state index is 0.174. The van der Waals surface area contributed by atoms with Gasteiger partial charge in [-0.1, -0.05) is 0 Å². The zero-order valence-corrected chi connectivity index (χ0v) is 9.13. The summed E-state index contributed by atoms with van der Waals surface area (Å²) in [7, 11) is 0. The normalized spacial score (nSPS) is 26.8. The van der Waals surface area contributed by atoms with Crippen molar-refractivity contribution >= 4 is 17.5 Å². The van der Waals surface area contributed by atoms with Gasteiger partial charge in [-0.05, 0) is 13.8 Å². The number of aromatic nitrogens is 2. The molecule has 0 fully saturated rings. The van der Waals surface area contributed by atoms with E-state index < -0.39 is 5.60 Å². The molecular formula is C10H12N4O2. The van der Waals surface area contributed by atoms with Crippen molar-refractivity contribution in [2.45, 2.75) is 19.4 Å². The second kappa shape index (κ2) is 2.91. The van der Waals surface area contributed by atoms with Crippen molar-refractivity contribution in [3.63, 3.8) is 0 Å². The summed E-state index contributed by atoms with van der Waals surface area (Å²) in [4.78, 5) is 20.4. The number of nitrogens with zero attached hydrogens (tertiary/aromatic N) is 2. The molecule has 0 bridgehead atoms. The monoisotopic (exact) mass is 220 g/mol. The van der Waals surface area contributed by atoms with Crippen LogP contribution in [0.1, 0.15) is 18.3 Å². The highest BCUT2D eigenvalue weighted by Crippen LogP contribution is 2.42. The third kappa shape index (κ3) is 1.07. The van der Waals surface area contributed by atoms with Crippen LogP contribution in [0.3, 0.4) is 0 Å². The number of rotatable bonds is 0. The second-order valence-corrected chi connectivity index (χ2v) is 4.11. The third-order valence-corrected chi connectivity index (χ3v) is 2.95. The van der Waals surface area contributed by atoms with Gasteiger partial charge in [0.15, 0.2) is 5.60 Å². The molecule has 0 saturated carbocycles. The first-order valence-corrected chi connectivity index (χ1v) is 5.19. The molecule has 2 aliphatic rings. The van der Waals surface area contributed by atoms with Crippen molar-refractivity contribution in [3.05, 3.63) is 11.4 Å². The van der Waals surface area contributed by atoms with Gasteiger partial charge < -0.3 is 15.4 Å². The van der Waals surface area contributed by atoms with Crippen molar-refractivity contribution < 1.29 is 9.53 Å². The van der Waals surface area contributed by atoms with Gasteiger partial charge in [-0.15, -0.1) is 0 Å². The van der Waals surface area contributed by atoms with E-state index in [9.17, 15) is 4.79 Å². The molecule has 0 aromatic carbocycles. The van der Waals surface area contributed by atoms with E-state index in [1.54, 1.807) is 13.8 Å². The predicted molar refractivity (Wildman–Crippen MR) is 57.2 cm³/mol. The molecule has 2 aliphatic heterocycles. The number of carbonyl (C=O) groups is 1. The first-order chi connectivity index (χ1) is 7.61. The maximum atomic E-state index is 11.9. The summed E-state index contributed by atoms with van der Waals surface area (Å²) in [5.41, 5.74) is -0.234. The Morgan fingerprint density at radius 3 is 2.94 bits per heavy atom. The maximum absolute atomic E-state index is 11.9. The Labute approximate surface area is 92.4 Å². The van der Waals surface area contributed by atoms with Crippen LogP contribution >= 0.6 is 0 Å². The Balaban J connectivity index is 2.29. The topological polar surface area (TPSA) is 76.1 Å². The molecule has 1 amide bonds. The van der Waals surface area contributed by atoms with Crippen LogP contribution in [0.25, 0.3) is 0 Å². The van der Waals surface area contributed by atoms with Crippen LogP contribution in [0.2, 0.25) is 0 Å². The molecule has 84 valence electrons. The van der Waals surface area contributed by atoms with E-state index in [4.69, 9.17) is 4.74 Å². The molecule has 1 unspecified atom stereocenters. The molecule has 3 rings (SSSR count). The van der Waals surface area contributed by atoms with E-state index in [2.05, 4.69) is 20.6 Å². The third-order valence-electron chi connectivity index (χ3n) is 2.95. The van der Waals surface area contributed by atoms with Crippen molar-refractivity contribution in [2.24, 2.45) is 0 Å². The molecule has 0 aliphatic carbocycles. The van der Waals surface area contributed by atoms with Gasteiger partial charge in [-0.25, -0.2) is 9.97 Å². The van der Waals surface area contributed by atoms with Crippen molar-refractivity contribution in [2.75, 3.05) is 23.8 Å². The number of amides is 1. The standard InChI is InChI=1S/C10H12N4O2/c1-5-12-7-6-8(13-5)14-9(15)10(6,2)16-4-3-11-7/h3-4H2,1-2H3,(H2,11,12,13,14,15). The van der Waals surface area contributed by atoms with Crippen LogP contribution in [-0.2, 0) is 15.1 Å². The Bertz CT molecular complexity index is 488. The molecule has 0 spiro atoms. The minimum atomic E-state index is -0.956. The molecule has 6 nitrogen and oxygen atoms in total. The first kappa shape index (κ1) is 9.53. The summed E-state index contributed by atoms with van der Waals surface area (Å²) in [6, 6.07) is 0. The molecule has 1 aromatic heterocycles. The zero-order chi connectivity index (χ0) is 11.3. The molecule has 2 N–H and O–H groups in total. The molecule has 1 atom stereocenters. The van der Waals surface area contributed by atoms with E-state index in [0.717, 1.165) is 5.56 Å². The van der Waals surface area contributed by atoms with E-state index in [0.29, 0.717) is 30.6 Å². The average molecular weight is 220 g/mol. The summed E-state index contributed by atoms with van der Waals surface area (Å²) in [5, 5.41) is 5.89. The molecular weight excluding hydrogens is 208 g/mol. The van der Waals surface area contributed by atoms with Gasteiger partial charge >= 0.3 is 0 Å². The van der Waals surface area contributed by atoms with Gasteiger partial charge in [-0.3, -0.25) is 4.79 Å². The Morgan fingerprint density at radius 2 is 2.12 bits per heavy atom. The highest BCUT2D eigenvalue weighted by molar-refractivity contribution is 6.05. The highest BCUT2D eigenvalue weighted by atomic mass is 16.5. The SMILES string of the molecule is Cc1nc2c3c(n1)NC(=O)C3(C)OCCN2. The van der Waals surface area contributed by atoms with Crippen LogP contribution in [-0.4, -0.2) is 29.0 Å². The Kier molecular flexibility index (Phi) is 1.74. The van der Waals surface area contributed by atoms with Crippen molar-refractivity contribution in [1.82, 2.24) is 9.97 Å². The van der Waals surface area contributed by atoms with Gasteiger partial charge in [0, 0.05) is 6.54 Å². The average Bonchev–Trinajstić information content (AvgIpc) is 2.38. The number of carbonyl (C=O) groups excluding carboxylic acids is 1. The summed E-state index contributed by atoms with van der Waals surface area (Å²) >= 11 is 0. The van der Waals surface area contributed by atoms with Crippen LogP contribution < -0.4 is 10.6 Å². The number of ether oxygens (including phenoxy) is 1. The van der Waals surface area contributed by atoms with Gasteiger partial charge in [0.25, 0.3) is 5.91 Å². The number of aryl methyl sites for hydroxylation is 1. The number of anilines is 2. The minimum Gasteiger partial charge on any atom is -0.367 e. The largest absolute Gasteiger partial charge is 0.367 e. The van der Waals surface area contributed by atoms with Crippen molar-refractivity contribution in [3.8, 4) is 0 Å². The van der Waals surface area contributed by atoms with Gasteiger partial charge in [0.2, 0.25) is 0 Å². The lowest BCUT2D eigenvalue weighted by Gasteiger charge is -2.20. The molecule has 3 heterocycles. The van der Waals surface area contributed by atoms with Crippen molar-refractivity contribution in [1.29, 1.82) is 0 Å². The number of hydrogen-bond donors (Lipinski definition) is 2. The predicted octanol–water partition coefficient (Wildman–Crippen LogP) is 0.394. The van der Waals surface area contributed by atoms with Gasteiger partial charge in [0.1, 0.15) is 17.5 Å². The summed E-state index contributed by atoms with van der Waals surface area (Å²) in [6.45, 7) is 4.67. The van der Waals surface area contributed by atoms with Crippen LogP contribution in [0.4, 0.5) is 11.6 Å². The molecule has 1 aromatic rings.